The van der Waals surface area contributed by atoms with E-state index >= 15 is 0 Å². The van der Waals surface area contributed by atoms with E-state index in [0.29, 0.717) is 24.7 Å². The van der Waals surface area contributed by atoms with Crippen molar-refractivity contribution in [3.8, 4) is 0 Å². The molecule has 6 heteroatoms. The van der Waals surface area contributed by atoms with Crippen LogP contribution in [0.4, 0.5) is 0 Å². The Balaban J connectivity index is 1.47. The van der Waals surface area contributed by atoms with Gasteiger partial charge in [-0.2, -0.15) is 4.98 Å². The molecule has 0 spiro atoms. The number of carbonyl (C=O) groups is 1. The SMILES string of the molecule is O=C(NCCc1noc(C2CC2)n1)c1cccs1. The van der Waals surface area contributed by atoms with Crippen LogP contribution in [-0.4, -0.2) is 22.6 Å². The first-order chi connectivity index (χ1) is 8.83. The van der Waals surface area contributed by atoms with Crippen LogP contribution in [-0.2, 0) is 6.42 Å². The molecule has 2 aromatic rings. The Kier molecular flexibility index (Phi) is 3.10. The monoisotopic (exact) mass is 263 g/mol. The average molecular weight is 263 g/mol. The van der Waals surface area contributed by atoms with Gasteiger partial charge in [-0.3, -0.25) is 4.79 Å². The van der Waals surface area contributed by atoms with Crippen molar-refractivity contribution in [2.75, 3.05) is 6.54 Å². The fraction of sp³-hybridized carbons (Fsp3) is 0.417. The molecule has 1 fully saturated rings. The Morgan fingerprint density at radius 2 is 2.44 bits per heavy atom. The third kappa shape index (κ3) is 2.59. The standard InChI is InChI=1S/C12H13N3O2S/c16-11(9-2-1-7-18-9)13-6-5-10-14-12(17-15-10)8-3-4-8/h1-2,7-8H,3-6H2,(H,13,16). The molecule has 0 radical (unpaired) electrons. The van der Waals surface area contributed by atoms with Gasteiger partial charge in [0.15, 0.2) is 5.82 Å². The van der Waals surface area contributed by atoms with Crippen molar-refractivity contribution in [2.24, 2.45) is 0 Å². The van der Waals surface area contributed by atoms with Gasteiger partial charge < -0.3 is 9.84 Å². The zero-order chi connectivity index (χ0) is 12.4. The maximum absolute atomic E-state index is 11.7. The number of nitrogens with zero attached hydrogens (tertiary/aromatic N) is 2. The van der Waals surface area contributed by atoms with Gasteiger partial charge in [-0.25, -0.2) is 0 Å². The fourth-order valence-electron chi connectivity index (χ4n) is 1.65. The largest absolute Gasteiger partial charge is 0.351 e. The van der Waals surface area contributed by atoms with Crippen molar-refractivity contribution in [3.05, 3.63) is 34.1 Å². The summed E-state index contributed by atoms with van der Waals surface area (Å²) in [7, 11) is 0. The molecule has 0 aromatic carbocycles. The fourth-order valence-corrected chi connectivity index (χ4v) is 2.29. The van der Waals surface area contributed by atoms with E-state index in [1.54, 1.807) is 6.07 Å². The highest BCUT2D eigenvalue weighted by molar-refractivity contribution is 7.12. The number of carbonyl (C=O) groups excluding carboxylic acids is 1. The Hall–Kier alpha value is -1.69. The molecule has 2 heterocycles. The minimum absolute atomic E-state index is 0.0455. The van der Waals surface area contributed by atoms with E-state index in [1.165, 1.54) is 11.3 Å². The molecule has 0 bridgehead atoms. The first-order valence-electron chi connectivity index (χ1n) is 5.97. The molecule has 1 aliphatic carbocycles. The molecule has 18 heavy (non-hydrogen) atoms. The van der Waals surface area contributed by atoms with Crippen molar-refractivity contribution in [1.82, 2.24) is 15.5 Å². The summed E-state index contributed by atoms with van der Waals surface area (Å²) in [6, 6.07) is 3.67. The summed E-state index contributed by atoms with van der Waals surface area (Å²) in [4.78, 5) is 16.7. The number of nitrogens with one attached hydrogen (secondary N) is 1. The van der Waals surface area contributed by atoms with E-state index < -0.39 is 0 Å². The molecule has 2 aromatic heterocycles. The Bertz CT molecular complexity index is 531. The highest BCUT2D eigenvalue weighted by Gasteiger charge is 2.29. The maximum atomic E-state index is 11.7. The number of aromatic nitrogens is 2. The summed E-state index contributed by atoms with van der Waals surface area (Å²) in [6.07, 6.45) is 2.90. The molecule has 3 rings (SSSR count). The molecule has 5 nitrogen and oxygen atoms in total. The predicted octanol–water partition coefficient (Wildman–Crippen LogP) is 1.98. The number of amides is 1. The summed E-state index contributed by atoms with van der Waals surface area (Å²) < 4.78 is 5.15. The third-order valence-electron chi connectivity index (χ3n) is 2.79. The molecule has 0 atom stereocenters. The van der Waals surface area contributed by atoms with Gasteiger partial charge >= 0.3 is 0 Å². The average Bonchev–Trinajstić information content (AvgIpc) is 2.92. The van der Waals surface area contributed by atoms with E-state index in [2.05, 4.69) is 15.5 Å². The summed E-state index contributed by atoms with van der Waals surface area (Å²) in [5.41, 5.74) is 0. The van der Waals surface area contributed by atoms with Gasteiger partial charge in [-0.15, -0.1) is 11.3 Å². The smallest absolute Gasteiger partial charge is 0.261 e. The highest BCUT2D eigenvalue weighted by atomic mass is 32.1. The number of hydrogen-bond acceptors (Lipinski definition) is 5. The molecule has 1 N–H and O–H groups in total. The molecule has 1 amide bonds. The van der Waals surface area contributed by atoms with Crippen molar-refractivity contribution < 1.29 is 9.32 Å². The molecule has 1 saturated carbocycles. The predicted molar refractivity (Wildman–Crippen MR) is 66.6 cm³/mol. The Labute approximate surface area is 108 Å². The van der Waals surface area contributed by atoms with Gasteiger partial charge in [0.05, 0.1) is 4.88 Å². The number of thiophene rings is 1. The highest BCUT2D eigenvalue weighted by Crippen LogP contribution is 2.38. The molecular weight excluding hydrogens is 250 g/mol. The second-order valence-electron chi connectivity index (χ2n) is 4.31. The van der Waals surface area contributed by atoms with Crippen molar-refractivity contribution in [3.63, 3.8) is 0 Å². The van der Waals surface area contributed by atoms with Crippen LogP contribution < -0.4 is 5.32 Å². The summed E-state index contributed by atoms with van der Waals surface area (Å²) in [6.45, 7) is 0.528. The lowest BCUT2D eigenvalue weighted by Gasteiger charge is -2.00. The number of rotatable bonds is 5. The summed E-state index contributed by atoms with van der Waals surface area (Å²) >= 11 is 1.43. The third-order valence-corrected chi connectivity index (χ3v) is 3.66. The van der Waals surface area contributed by atoms with Crippen LogP contribution in [0.15, 0.2) is 22.0 Å². The molecule has 0 saturated heterocycles. The van der Waals surface area contributed by atoms with Crippen molar-refractivity contribution in [2.45, 2.75) is 25.2 Å². The minimum Gasteiger partial charge on any atom is -0.351 e. The number of hydrogen-bond donors (Lipinski definition) is 1. The normalized spacial score (nSPS) is 14.7. The van der Waals surface area contributed by atoms with Crippen LogP contribution >= 0.6 is 11.3 Å². The lowest BCUT2D eigenvalue weighted by atomic mass is 10.3. The lowest BCUT2D eigenvalue weighted by molar-refractivity contribution is 0.0958. The molecule has 94 valence electrons. The van der Waals surface area contributed by atoms with Gasteiger partial charge in [-0.05, 0) is 24.3 Å². The zero-order valence-corrected chi connectivity index (χ0v) is 10.6. The summed E-state index contributed by atoms with van der Waals surface area (Å²) in [5.74, 6) is 1.85. The van der Waals surface area contributed by atoms with Gasteiger partial charge in [0.1, 0.15) is 0 Å². The van der Waals surface area contributed by atoms with Crippen LogP contribution in [0.3, 0.4) is 0 Å². The topological polar surface area (TPSA) is 68.0 Å². The van der Waals surface area contributed by atoms with E-state index in [-0.39, 0.29) is 5.91 Å². The quantitative estimate of drug-likeness (QED) is 0.895. The maximum Gasteiger partial charge on any atom is 0.261 e. The van der Waals surface area contributed by atoms with Gasteiger partial charge in [0.25, 0.3) is 5.91 Å². The van der Waals surface area contributed by atoms with Crippen molar-refractivity contribution in [1.29, 1.82) is 0 Å². The Morgan fingerprint density at radius 3 is 3.17 bits per heavy atom. The van der Waals surface area contributed by atoms with Gasteiger partial charge in [0, 0.05) is 18.9 Å². The second kappa shape index (κ2) is 4.89. The van der Waals surface area contributed by atoms with E-state index in [1.807, 2.05) is 11.4 Å². The zero-order valence-electron chi connectivity index (χ0n) is 9.76. The van der Waals surface area contributed by atoms with Gasteiger partial charge in [0.2, 0.25) is 5.89 Å². The molecule has 0 aliphatic heterocycles. The van der Waals surface area contributed by atoms with Crippen molar-refractivity contribution >= 4 is 17.2 Å². The molecule has 0 unspecified atom stereocenters. The van der Waals surface area contributed by atoms with E-state index in [4.69, 9.17) is 4.52 Å². The minimum atomic E-state index is -0.0455. The molecule has 1 aliphatic rings. The van der Waals surface area contributed by atoms with E-state index in [0.717, 1.165) is 23.6 Å². The summed E-state index contributed by atoms with van der Waals surface area (Å²) in [5, 5.41) is 8.62. The van der Waals surface area contributed by atoms with Gasteiger partial charge in [-0.1, -0.05) is 11.2 Å². The Morgan fingerprint density at radius 1 is 1.56 bits per heavy atom. The van der Waals surface area contributed by atoms with Crippen LogP contribution in [0.25, 0.3) is 0 Å². The van der Waals surface area contributed by atoms with Crippen LogP contribution in [0, 0.1) is 0 Å². The lowest BCUT2D eigenvalue weighted by Crippen LogP contribution is -2.25. The first-order valence-corrected chi connectivity index (χ1v) is 6.85. The van der Waals surface area contributed by atoms with Crippen LogP contribution in [0.1, 0.15) is 40.1 Å². The molecular formula is C12H13N3O2S. The van der Waals surface area contributed by atoms with Crippen LogP contribution in [0.2, 0.25) is 0 Å². The first kappa shape index (κ1) is 11.4. The van der Waals surface area contributed by atoms with E-state index in [9.17, 15) is 4.79 Å². The second-order valence-corrected chi connectivity index (χ2v) is 5.25. The van der Waals surface area contributed by atoms with Crippen LogP contribution in [0.5, 0.6) is 0 Å².